The highest BCUT2D eigenvalue weighted by atomic mass is 16.5. The van der Waals surface area contributed by atoms with Gasteiger partial charge >= 0.3 is 0 Å². The molecule has 0 aromatic heterocycles. The van der Waals surface area contributed by atoms with Gasteiger partial charge < -0.3 is 10.1 Å². The number of hydrogen-bond donors (Lipinski definition) is 1. The highest BCUT2D eigenvalue weighted by molar-refractivity contribution is 5.56. The maximum atomic E-state index is 5.36. The van der Waals surface area contributed by atoms with Crippen molar-refractivity contribution in [2.75, 3.05) is 11.9 Å². The molecule has 1 aromatic carbocycles. The lowest BCUT2D eigenvalue weighted by Crippen LogP contribution is -1.97. The third kappa shape index (κ3) is 1.29. The first-order chi connectivity index (χ1) is 5.47. The summed E-state index contributed by atoms with van der Waals surface area (Å²) in [7, 11) is 0. The Kier molecular flexibility index (Phi) is 1.68. The monoisotopic (exact) mass is 148 g/mol. The molecule has 0 saturated carbocycles. The van der Waals surface area contributed by atoms with Gasteiger partial charge in [-0.05, 0) is 12.1 Å². The van der Waals surface area contributed by atoms with Crippen molar-refractivity contribution < 1.29 is 4.74 Å². The van der Waals surface area contributed by atoms with E-state index >= 15 is 0 Å². The zero-order valence-corrected chi connectivity index (χ0v) is 6.21. The number of anilines is 1. The summed E-state index contributed by atoms with van der Waals surface area (Å²) in [4.78, 5) is 0. The van der Waals surface area contributed by atoms with Crippen molar-refractivity contribution in [2.45, 2.75) is 6.42 Å². The molecular formula is C9H10NO. The molecule has 2 nitrogen and oxygen atoms in total. The Morgan fingerprint density at radius 2 is 2.18 bits per heavy atom. The SMILES string of the molecule is [CH]1CCNc2ccccc2O1. The average molecular weight is 148 g/mol. The van der Waals surface area contributed by atoms with Crippen LogP contribution in [0.3, 0.4) is 0 Å². The molecule has 2 heteroatoms. The van der Waals surface area contributed by atoms with Crippen LogP contribution in [-0.4, -0.2) is 6.54 Å². The molecule has 1 aliphatic rings. The number of ether oxygens (including phenoxy) is 1. The zero-order chi connectivity index (χ0) is 7.52. The van der Waals surface area contributed by atoms with E-state index in [1.54, 1.807) is 0 Å². The molecule has 0 aliphatic carbocycles. The lowest BCUT2D eigenvalue weighted by Gasteiger charge is -2.04. The largest absolute Gasteiger partial charge is 0.484 e. The second-order valence-corrected chi connectivity index (χ2v) is 2.50. The van der Waals surface area contributed by atoms with Crippen LogP contribution >= 0.6 is 0 Å². The topological polar surface area (TPSA) is 21.3 Å². The van der Waals surface area contributed by atoms with Gasteiger partial charge in [-0.3, -0.25) is 0 Å². The molecule has 0 amide bonds. The molecule has 1 heterocycles. The van der Waals surface area contributed by atoms with Gasteiger partial charge in [0.25, 0.3) is 0 Å². The summed E-state index contributed by atoms with van der Waals surface area (Å²) in [6, 6.07) is 7.96. The summed E-state index contributed by atoms with van der Waals surface area (Å²) >= 11 is 0. The van der Waals surface area contributed by atoms with Gasteiger partial charge in [0.1, 0.15) is 12.4 Å². The van der Waals surface area contributed by atoms with Crippen LogP contribution in [0, 0.1) is 6.61 Å². The van der Waals surface area contributed by atoms with Crippen LogP contribution < -0.4 is 10.1 Å². The molecule has 0 bridgehead atoms. The van der Waals surface area contributed by atoms with E-state index in [4.69, 9.17) is 4.74 Å². The number of fused-ring (bicyclic) bond motifs is 1. The van der Waals surface area contributed by atoms with Crippen LogP contribution in [0.1, 0.15) is 6.42 Å². The van der Waals surface area contributed by atoms with Crippen LogP contribution in [-0.2, 0) is 0 Å². The molecule has 57 valence electrons. The fourth-order valence-electron chi connectivity index (χ4n) is 1.13. The third-order valence-corrected chi connectivity index (χ3v) is 1.68. The Hall–Kier alpha value is -1.18. The third-order valence-electron chi connectivity index (χ3n) is 1.68. The van der Waals surface area contributed by atoms with E-state index in [1.807, 2.05) is 30.9 Å². The lowest BCUT2D eigenvalue weighted by molar-refractivity contribution is 0.403. The first-order valence-electron chi connectivity index (χ1n) is 3.78. The summed E-state index contributed by atoms with van der Waals surface area (Å²) in [5.41, 5.74) is 1.08. The normalized spacial score (nSPS) is 15.6. The molecule has 1 radical (unpaired) electrons. The predicted octanol–water partition coefficient (Wildman–Crippen LogP) is 2.04. The Labute approximate surface area is 66.2 Å². The van der Waals surface area contributed by atoms with Crippen molar-refractivity contribution >= 4 is 5.69 Å². The van der Waals surface area contributed by atoms with E-state index in [0.29, 0.717) is 0 Å². The standard InChI is InChI=1S/C9H10NO/c1-2-5-9-8(4-1)10-6-3-7-11-9/h1-2,4-5,7,10H,3,6H2. The lowest BCUT2D eigenvalue weighted by atomic mass is 10.3. The van der Waals surface area contributed by atoms with Crippen LogP contribution in [0.4, 0.5) is 5.69 Å². The summed E-state index contributed by atoms with van der Waals surface area (Å²) < 4.78 is 5.36. The summed E-state index contributed by atoms with van der Waals surface area (Å²) in [6.07, 6.45) is 0.953. The molecule has 11 heavy (non-hydrogen) atoms. The van der Waals surface area contributed by atoms with E-state index in [1.165, 1.54) is 0 Å². The van der Waals surface area contributed by atoms with Crippen molar-refractivity contribution in [1.82, 2.24) is 0 Å². The summed E-state index contributed by atoms with van der Waals surface area (Å²) in [5.74, 6) is 0.921. The van der Waals surface area contributed by atoms with Gasteiger partial charge in [0, 0.05) is 13.0 Å². The van der Waals surface area contributed by atoms with Gasteiger partial charge in [-0.1, -0.05) is 12.1 Å². The van der Waals surface area contributed by atoms with Gasteiger partial charge in [-0.25, -0.2) is 0 Å². The summed E-state index contributed by atoms with van der Waals surface area (Å²) in [6.45, 7) is 2.79. The van der Waals surface area contributed by atoms with Crippen LogP contribution in [0.5, 0.6) is 5.75 Å². The summed E-state index contributed by atoms with van der Waals surface area (Å²) in [5, 5.41) is 3.27. The fourth-order valence-corrected chi connectivity index (χ4v) is 1.13. The Morgan fingerprint density at radius 3 is 3.18 bits per heavy atom. The zero-order valence-electron chi connectivity index (χ0n) is 6.21. The number of nitrogens with one attached hydrogen (secondary N) is 1. The second kappa shape index (κ2) is 2.82. The van der Waals surface area contributed by atoms with Crippen molar-refractivity contribution in [3.8, 4) is 5.75 Å². The Bertz CT molecular complexity index is 222. The smallest absolute Gasteiger partial charge is 0.143 e. The molecule has 2 rings (SSSR count). The Morgan fingerprint density at radius 1 is 1.27 bits per heavy atom. The first-order valence-corrected chi connectivity index (χ1v) is 3.78. The van der Waals surface area contributed by atoms with Crippen molar-refractivity contribution in [1.29, 1.82) is 0 Å². The van der Waals surface area contributed by atoms with E-state index in [2.05, 4.69) is 5.32 Å². The molecule has 1 N–H and O–H groups in total. The van der Waals surface area contributed by atoms with Crippen molar-refractivity contribution in [3.63, 3.8) is 0 Å². The number of benzene rings is 1. The second-order valence-electron chi connectivity index (χ2n) is 2.50. The molecule has 0 saturated heterocycles. The van der Waals surface area contributed by atoms with E-state index in [0.717, 1.165) is 24.4 Å². The van der Waals surface area contributed by atoms with E-state index < -0.39 is 0 Å². The molecule has 0 spiro atoms. The van der Waals surface area contributed by atoms with Crippen LogP contribution in [0.2, 0.25) is 0 Å². The van der Waals surface area contributed by atoms with E-state index in [-0.39, 0.29) is 0 Å². The molecule has 0 unspecified atom stereocenters. The van der Waals surface area contributed by atoms with Gasteiger partial charge in [-0.15, -0.1) is 0 Å². The predicted molar refractivity (Wildman–Crippen MR) is 44.5 cm³/mol. The molecule has 0 atom stereocenters. The van der Waals surface area contributed by atoms with Crippen molar-refractivity contribution in [2.24, 2.45) is 0 Å². The van der Waals surface area contributed by atoms with E-state index in [9.17, 15) is 0 Å². The maximum absolute atomic E-state index is 5.36. The van der Waals surface area contributed by atoms with Gasteiger partial charge in [0.05, 0.1) is 5.69 Å². The highest BCUT2D eigenvalue weighted by Crippen LogP contribution is 2.26. The number of rotatable bonds is 0. The van der Waals surface area contributed by atoms with Gasteiger partial charge in [0.2, 0.25) is 0 Å². The van der Waals surface area contributed by atoms with Crippen LogP contribution in [0.15, 0.2) is 24.3 Å². The fraction of sp³-hybridized carbons (Fsp3) is 0.222. The van der Waals surface area contributed by atoms with Crippen LogP contribution in [0.25, 0.3) is 0 Å². The minimum Gasteiger partial charge on any atom is -0.484 e. The Balaban J connectivity index is 2.33. The maximum Gasteiger partial charge on any atom is 0.143 e. The van der Waals surface area contributed by atoms with Crippen molar-refractivity contribution in [3.05, 3.63) is 30.9 Å². The number of hydrogen-bond acceptors (Lipinski definition) is 2. The van der Waals surface area contributed by atoms with Gasteiger partial charge in [-0.2, -0.15) is 0 Å². The molecule has 0 fully saturated rings. The number of para-hydroxylation sites is 2. The molecular weight excluding hydrogens is 138 g/mol. The molecule has 1 aromatic rings. The first kappa shape index (κ1) is 6.53. The van der Waals surface area contributed by atoms with Gasteiger partial charge in [0.15, 0.2) is 0 Å². The average Bonchev–Trinajstić information content (AvgIpc) is 2.28. The minimum atomic E-state index is 0.921. The minimum absolute atomic E-state index is 0.921. The quantitative estimate of drug-likeness (QED) is 0.608. The molecule has 1 aliphatic heterocycles. The highest BCUT2D eigenvalue weighted by Gasteiger charge is 2.05.